The maximum Gasteiger partial charge on any atom is 0.338 e. The molecule has 0 aliphatic carbocycles. The molecule has 190 valence electrons. The van der Waals surface area contributed by atoms with Gasteiger partial charge in [0.05, 0.1) is 41.8 Å². The Bertz CT molecular complexity index is 1630. The van der Waals surface area contributed by atoms with Crippen molar-refractivity contribution in [2.75, 3.05) is 18.6 Å². The number of ether oxygens (including phenoxy) is 2. The average molecular weight is 518 g/mol. The minimum absolute atomic E-state index is 0.217. The van der Waals surface area contributed by atoms with Crippen molar-refractivity contribution in [2.24, 2.45) is 4.99 Å². The van der Waals surface area contributed by atoms with E-state index in [1.54, 1.807) is 44.9 Å². The third-order valence-corrected chi connectivity index (χ3v) is 7.51. The summed E-state index contributed by atoms with van der Waals surface area (Å²) in [7, 11) is 1.57. The molecule has 3 heterocycles. The number of carbonyl (C=O) groups excluding carboxylic acids is 2. The number of fused-ring (bicyclic) bond motifs is 2. The van der Waals surface area contributed by atoms with Gasteiger partial charge in [-0.15, -0.1) is 0 Å². The Morgan fingerprint density at radius 1 is 1.11 bits per heavy atom. The first kappa shape index (κ1) is 24.7. The van der Waals surface area contributed by atoms with Gasteiger partial charge in [0, 0.05) is 12.1 Å². The largest absolute Gasteiger partial charge is 0.497 e. The normalized spacial score (nSPS) is 18.1. The number of carbonyl (C=O) groups is 2. The molecule has 9 heteroatoms. The number of likely N-dealkylation sites (N-methyl/N-ethyl adjacent to an activating group) is 1. The molecule has 0 saturated carbocycles. The van der Waals surface area contributed by atoms with Crippen LogP contribution in [0.25, 0.3) is 5.57 Å². The van der Waals surface area contributed by atoms with Gasteiger partial charge in [-0.25, -0.2) is 9.79 Å². The molecule has 0 spiro atoms. The van der Waals surface area contributed by atoms with Crippen molar-refractivity contribution < 1.29 is 19.1 Å². The summed E-state index contributed by atoms with van der Waals surface area (Å²) in [5.41, 5.74) is 2.95. The zero-order chi connectivity index (χ0) is 26.4. The van der Waals surface area contributed by atoms with Crippen molar-refractivity contribution >= 4 is 34.5 Å². The summed E-state index contributed by atoms with van der Waals surface area (Å²) in [6, 6.07) is 13.9. The van der Waals surface area contributed by atoms with Gasteiger partial charge in [-0.05, 0) is 51.5 Å². The summed E-state index contributed by atoms with van der Waals surface area (Å²) in [4.78, 5) is 47.5. The number of allylic oxidation sites excluding steroid dienone is 1. The van der Waals surface area contributed by atoms with Crippen molar-refractivity contribution in [3.05, 3.63) is 90.6 Å². The van der Waals surface area contributed by atoms with E-state index in [-0.39, 0.29) is 23.1 Å². The Hall–Kier alpha value is -3.98. The molecular formula is C28H27N3O5S. The van der Waals surface area contributed by atoms with Crippen LogP contribution in [-0.4, -0.2) is 36.2 Å². The van der Waals surface area contributed by atoms with Gasteiger partial charge in [-0.1, -0.05) is 41.7 Å². The van der Waals surface area contributed by atoms with E-state index in [4.69, 9.17) is 9.47 Å². The molecule has 2 aromatic carbocycles. The van der Waals surface area contributed by atoms with Crippen LogP contribution in [0, 0.1) is 0 Å². The zero-order valence-corrected chi connectivity index (χ0v) is 22.1. The Morgan fingerprint density at radius 3 is 2.46 bits per heavy atom. The van der Waals surface area contributed by atoms with E-state index < -0.39 is 12.0 Å². The number of anilines is 1. The van der Waals surface area contributed by atoms with Gasteiger partial charge in [0.1, 0.15) is 10.3 Å². The van der Waals surface area contributed by atoms with Crippen molar-refractivity contribution in [3.8, 4) is 5.75 Å². The number of amides is 1. The Morgan fingerprint density at radius 2 is 1.81 bits per heavy atom. The van der Waals surface area contributed by atoms with Crippen molar-refractivity contribution in [1.29, 1.82) is 0 Å². The molecule has 0 unspecified atom stereocenters. The molecule has 2 aliphatic rings. The SMILES string of the molecule is CCN1C(=O)/C(=c2/sc3n(c2=O)[C@H](c2ccc(OC)cc2)C(C(=O)OC(C)C)=C(C)N=3)c2ccccc21. The number of nitrogens with zero attached hydrogens (tertiary/aromatic N) is 3. The van der Waals surface area contributed by atoms with Gasteiger partial charge in [0.15, 0.2) is 4.80 Å². The van der Waals surface area contributed by atoms with Crippen LogP contribution >= 0.6 is 11.3 Å². The lowest BCUT2D eigenvalue weighted by Gasteiger charge is -2.25. The van der Waals surface area contributed by atoms with Crippen LogP contribution in [-0.2, 0) is 14.3 Å². The predicted molar refractivity (Wildman–Crippen MR) is 141 cm³/mol. The lowest BCUT2D eigenvalue weighted by atomic mass is 9.95. The molecule has 0 N–H and O–H groups in total. The minimum Gasteiger partial charge on any atom is -0.497 e. The lowest BCUT2D eigenvalue weighted by molar-refractivity contribution is -0.143. The lowest BCUT2D eigenvalue weighted by Crippen LogP contribution is -2.41. The highest BCUT2D eigenvalue weighted by Gasteiger charge is 2.37. The number of hydrogen-bond donors (Lipinski definition) is 0. The fraction of sp³-hybridized carbons (Fsp3) is 0.286. The fourth-order valence-corrected chi connectivity index (χ4v) is 5.96. The molecule has 0 bridgehead atoms. The van der Waals surface area contributed by atoms with Gasteiger partial charge in [-0.3, -0.25) is 14.2 Å². The zero-order valence-electron chi connectivity index (χ0n) is 21.3. The molecule has 0 radical (unpaired) electrons. The third kappa shape index (κ3) is 3.99. The highest BCUT2D eigenvalue weighted by atomic mass is 32.1. The van der Waals surface area contributed by atoms with Crippen LogP contribution in [0.2, 0.25) is 0 Å². The average Bonchev–Trinajstić information content (AvgIpc) is 3.34. The first-order valence-electron chi connectivity index (χ1n) is 12.1. The molecule has 1 aromatic heterocycles. The minimum atomic E-state index is -0.767. The number of methoxy groups -OCH3 is 1. The first-order valence-corrected chi connectivity index (χ1v) is 12.9. The molecular weight excluding hydrogens is 490 g/mol. The van der Waals surface area contributed by atoms with E-state index in [1.165, 1.54) is 4.57 Å². The summed E-state index contributed by atoms with van der Waals surface area (Å²) >= 11 is 1.16. The Balaban J connectivity index is 1.80. The summed E-state index contributed by atoms with van der Waals surface area (Å²) < 4.78 is 12.7. The van der Waals surface area contributed by atoms with Crippen molar-refractivity contribution in [2.45, 2.75) is 39.8 Å². The van der Waals surface area contributed by atoms with E-state index in [0.717, 1.165) is 22.6 Å². The molecule has 0 fully saturated rings. The van der Waals surface area contributed by atoms with E-state index in [9.17, 15) is 14.4 Å². The number of hydrogen-bond acceptors (Lipinski definition) is 7. The van der Waals surface area contributed by atoms with Gasteiger partial charge < -0.3 is 14.4 Å². The monoisotopic (exact) mass is 517 g/mol. The maximum atomic E-state index is 14.1. The molecule has 3 aromatic rings. The molecule has 8 nitrogen and oxygen atoms in total. The number of para-hydroxylation sites is 1. The summed E-state index contributed by atoms with van der Waals surface area (Å²) in [6.07, 6.45) is -0.344. The maximum absolute atomic E-state index is 14.1. The molecule has 2 aliphatic heterocycles. The van der Waals surface area contributed by atoms with E-state index >= 15 is 0 Å². The molecule has 0 saturated heterocycles. The topological polar surface area (TPSA) is 90.2 Å². The summed E-state index contributed by atoms with van der Waals surface area (Å²) in [5, 5.41) is 0. The van der Waals surface area contributed by atoms with Gasteiger partial charge in [-0.2, -0.15) is 0 Å². The first-order chi connectivity index (χ1) is 17.8. The number of esters is 1. The van der Waals surface area contributed by atoms with Crippen LogP contribution < -0.4 is 24.5 Å². The molecule has 1 amide bonds. The molecule has 37 heavy (non-hydrogen) atoms. The second kappa shape index (κ2) is 9.48. The van der Waals surface area contributed by atoms with Crippen molar-refractivity contribution in [1.82, 2.24) is 4.57 Å². The molecule has 1 atom stereocenters. The Labute approximate surface area is 217 Å². The second-order valence-electron chi connectivity index (χ2n) is 9.07. The van der Waals surface area contributed by atoms with Crippen LogP contribution in [0.1, 0.15) is 44.9 Å². The molecule has 5 rings (SSSR count). The predicted octanol–water partition coefficient (Wildman–Crippen LogP) is 2.93. The van der Waals surface area contributed by atoms with Crippen LogP contribution in [0.3, 0.4) is 0 Å². The van der Waals surface area contributed by atoms with Gasteiger partial charge in [0.25, 0.3) is 11.5 Å². The van der Waals surface area contributed by atoms with Gasteiger partial charge >= 0.3 is 5.97 Å². The van der Waals surface area contributed by atoms with Crippen molar-refractivity contribution in [3.63, 3.8) is 0 Å². The number of thiazole rings is 1. The van der Waals surface area contributed by atoms with E-state index in [2.05, 4.69) is 4.99 Å². The second-order valence-corrected chi connectivity index (χ2v) is 10.0. The summed E-state index contributed by atoms with van der Waals surface area (Å²) in [6.45, 7) is 7.67. The quantitative estimate of drug-likeness (QED) is 0.486. The van der Waals surface area contributed by atoms with E-state index in [0.29, 0.717) is 38.5 Å². The highest BCUT2D eigenvalue weighted by molar-refractivity contribution is 7.07. The van der Waals surface area contributed by atoms with E-state index in [1.807, 2.05) is 43.3 Å². The standard InChI is InChI=1S/C28H27N3O5S/c1-6-30-20-10-8-7-9-19(20)22(25(30)32)24-26(33)31-23(17-11-13-18(35-5)14-12-17)21(27(34)36-15(2)3)16(4)29-28(31)37-24/h7-15,23H,6H2,1-5H3/b24-22+/t23-/m1/s1. The van der Waals surface area contributed by atoms with Crippen LogP contribution in [0.4, 0.5) is 5.69 Å². The number of rotatable bonds is 5. The van der Waals surface area contributed by atoms with Crippen LogP contribution in [0.15, 0.2) is 69.6 Å². The van der Waals surface area contributed by atoms with Gasteiger partial charge in [0.2, 0.25) is 0 Å². The Kier molecular flexibility index (Phi) is 6.33. The fourth-order valence-electron chi connectivity index (χ4n) is 4.83. The highest BCUT2D eigenvalue weighted by Crippen LogP contribution is 2.35. The van der Waals surface area contributed by atoms with Crippen LogP contribution in [0.5, 0.6) is 5.75 Å². The number of benzene rings is 2. The smallest absolute Gasteiger partial charge is 0.338 e. The summed E-state index contributed by atoms with van der Waals surface area (Å²) in [5.74, 6) is -0.0993. The number of aromatic nitrogens is 1. The third-order valence-electron chi connectivity index (χ3n) is 6.46.